The van der Waals surface area contributed by atoms with Crippen LogP contribution in [-0.2, 0) is 10.0 Å². The Balaban J connectivity index is 2.08. The molecule has 0 saturated heterocycles. The second-order valence-electron chi connectivity index (χ2n) is 4.91. The van der Waals surface area contributed by atoms with E-state index in [9.17, 15) is 8.42 Å². The number of hydrogen-bond donors (Lipinski definition) is 1. The minimum atomic E-state index is -3.46. The van der Waals surface area contributed by atoms with Crippen molar-refractivity contribution in [2.75, 3.05) is 6.26 Å². The smallest absolute Gasteiger partial charge is 0.208 e. The summed E-state index contributed by atoms with van der Waals surface area (Å²) in [6.07, 6.45) is 6.11. The fourth-order valence-corrected chi connectivity index (χ4v) is 6.19. The zero-order valence-electron chi connectivity index (χ0n) is 11.1. The van der Waals surface area contributed by atoms with Crippen LogP contribution in [0.1, 0.15) is 25.7 Å². The fourth-order valence-electron chi connectivity index (χ4n) is 2.39. The quantitative estimate of drug-likeness (QED) is 0.761. The summed E-state index contributed by atoms with van der Waals surface area (Å²) in [5, 5.41) is 0.676. The number of thioether (sulfide) groups is 1. The van der Waals surface area contributed by atoms with Crippen LogP contribution in [0.15, 0.2) is 32.0 Å². The molecule has 0 aliphatic heterocycles. The molecule has 0 bridgehead atoms. The highest BCUT2D eigenvalue weighted by Crippen LogP contribution is 2.29. The molecule has 1 aliphatic rings. The van der Waals surface area contributed by atoms with Crippen LogP contribution in [0.3, 0.4) is 0 Å². The van der Waals surface area contributed by atoms with Gasteiger partial charge < -0.3 is 0 Å². The molecule has 112 valence electrons. The Kier molecular flexibility index (Phi) is 5.99. The summed E-state index contributed by atoms with van der Waals surface area (Å²) in [5.74, 6) is 0. The van der Waals surface area contributed by atoms with Gasteiger partial charge in [-0.25, -0.2) is 13.1 Å². The summed E-state index contributed by atoms with van der Waals surface area (Å²) in [5.41, 5.74) is 0. The van der Waals surface area contributed by atoms with Crippen molar-refractivity contribution in [3.05, 3.63) is 27.1 Å². The Morgan fingerprint density at radius 3 is 2.40 bits per heavy atom. The van der Waals surface area contributed by atoms with Crippen LogP contribution >= 0.6 is 43.6 Å². The molecule has 0 atom stereocenters. The van der Waals surface area contributed by atoms with Gasteiger partial charge in [0.2, 0.25) is 10.0 Å². The highest BCUT2D eigenvalue weighted by atomic mass is 79.9. The molecular formula is C13H17Br2NO2S2. The van der Waals surface area contributed by atoms with Crippen LogP contribution in [0.4, 0.5) is 0 Å². The lowest BCUT2D eigenvalue weighted by atomic mass is 9.96. The Labute approximate surface area is 141 Å². The highest BCUT2D eigenvalue weighted by molar-refractivity contribution is 9.11. The van der Waals surface area contributed by atoms with Crippen molar-refractivity contribution in [1.82, 2.24) is 4.72 Å². The lowest BCUT2D eigenvalue weighted by molar-refractivity contribution is 0.420. The van der Waals surface area contributed by atoms with E-state index in [1.54, 1.807) is 18.2 Å². The first-order chi connectivity index (χ1) is 9.42. The van der Waals surface area contributed by atoms with E-state index in [-0.39, 0.29) is 6.04 Å². The maximum Gasteiger partial charge on any atom is 0.241 e. The van der Waals surface area contributed by atoms with Gasteiger partial charge in [-0.05, 0) is 66.1 Å². The number of sulfonamides is 1. The van der Waals surface area contributed by atoms with Gasteiger partial charge in [-0.2, -0.15) is 11.8 Å². The van der Waals surface area contributed by atoms with Crippen molar-refractivity contribution >= 4 is 53.6 Å². The average molecular weight is 443 g/mol. The maximum absolute atomic E-state index is 12.4. The molecule has 2 rings (SSSR count). The first-order valence-corrected chi connectivity index (χ1v) is 10.8. The SMILES string of the molecule is CSC1CCC(NS(=O)(=O)c2ccc(Br)cc2Br)CC1. The zero-order valence-corrected chi connectivity index (χ0v) is 15.9. The molecule has 1 saturated carbocycles. The van der Waals surface area contributed by atoms with Gasteiger partial charge >= 0.3 is 0 Å². The molecule has 1 aromatic carbocycles. The van der Waals surface area contributed by atoms with Gasteiger partial charge in [-0.15, -0.1) is 0 Å². The van der Waals surface area contributed by atoms with Gasteiger partial charge in [0.15, 0.2) is 0 Å². The molecule has 1 aliphatic carbocycles. The summed E-state index contributed by atoms with van der Waals surface area (Å²) in [7, 11) is -3.46. The van der Waals surface area contributed by atoms with E-state index in [0.29, 0.717) is 14.6 Å². The zero-order chi connectivity index (χ0) is 14.8. The van der Waals surface area contributed by atoms with E-state index in [1.165, 1.54) is 0 Å². The first-order valence-electron chi connectivity index (χ1n) is 6.42. The van der Waals surface area contributed by atoms with Crippen LogP contribution in [-0.4, -0.2) is 26.0 Å². The molecule has 7 heteroatoms. The predicted molar refractivity (Wildman–Crippen MR) is 91.7 cm³/mol. The van der Waals surface area contributed by atoms with E-state index < -0.39 is 10.0 Å². The van der Waals surface area contributed by atoms with Crippen LogP contribution in [0.5, 0.6) is 0 Å². The summed E-state index contributed by atoms with van der Waals surface area (Å²) < 4.78 is 29.1. The molecule has 0 radical (unpaired) electrons. The topological polar surface area (TPSA) is 46.2 Å². The molecule has 3 nitrogen and oxygen atoms in total. The van der Waals surface area contributed by atoms with Crippen molar-refractivity contribution in [2.24, 2.45) is 0 Å². The molecule has 20 heavy (non-hydrogen) atoms. The Hall–Kier alpha value is 0.440. The van der Waals surface area contributed by atoms with E-state index in [1.807, 2.05) is 11.8 Å². The predicted octanol–water partition coefficient (Wildman–Crippen LogP) is 4.16. The second-order valence-corrected chi connectivity index (χ2v) is 9.50. The van der Waals surface area contributed by atoms with Crippen LogP contribution in [0.2, 0.25) is 0 Å². The van der Waals surface area contributed by atoms with Crippen LogP contribution in [0, 0.1) is 0 Å². The molecule has 0 amide bonds. The van der Waals surface area contributed by atoms with Crippen molar-refractivity contribution < 1.29 is 8.42 Å². The number of rotatable bonds is 4. The Morgan fingerprint density at radius 1 is 1.20 bits per heavy atom. The van der Waals surface area contributed by atoms with Gasteiger partial charge in [0, 0.05) is 20.2 Å². The largest absolute Gasteiger partial charge is 0.241 e. The van der Waals surface area contributed by atoms with Crippen molar-refractivity contribution in [3.8, 4) is 0 Å². The molecule has 0 heterocycles. The standard InChI is InChI=1S/C13H17Br2NO2S2/c1-19-11-5-3-10(4-6-11)16-20(17,18)13-7-2-9(14)8-12(13)15/h2,7-8,10-11,16H,3-6H2,1H3. The number of halogens is 2. The van der Waals surface area contributed by atoms with E-state index in [4.69, 9.17) is 0 Å². The van der Waals surface area contributed by atoms with Crippen LogP contribution < -0.4 is 4.72 Å². The third-order valence-corrected chi connectivity index (χ3v) is 7.64. The van der Waals surface area contributed by atoms with Gasteiger partial charge in [0.1, 0.15) is 0 Å². The van der Waals surface area contributed by atoms with Crippen LogP contribution in [0.25, 0.3) is 0 Å². The number of hydrogen-bond acceptors (Lipinski definition) is 3. The average Bonchev–Trinajstić information content (AvgIpc) is 2.38. The van der Waals surface area contributed by atoms with Crippen molar-refractivity contribution in [2.45, 2.75) is 41.9 Å². The first kappa shape index (κ1) is 16.8. The van der Waals surface area contributed by atoms with Crippen molar-refractivity contribution in [3.63, 3.8) is 0 Å². The van der Waals surface area contributed by atoms with Gasteiger partial charge in [0.25, 0.3) is 0 Å². The molecule has 0 unspecified atom stereocenters. The van der Waals surface area contributed by atoms with E-state index in [2.05, 4.69) is 42.8 Å². The molecular weight excluding hydrogens is 426 g/mol. The molecule has 0 aromatic heterocycles. The van der Waals surface area contributed by atoms with E-state index in [0.717, 1.165) is 30.2 Å². The normalized spacial score (nSPS) is 23.8. The molecule has 0 spiro atoms. The summed E-state index contributed by atoms with van der Waals surface area (Å²) >= 11 is 8.52. The van der Waals surface area contributed by atoms with Crippen molar-refractivity contribution in [1.29, 1.82) is 0 Å². The Bertz CT molecular complexity index is 570. The monoisotopic (exact) mass is 441 g/mol. The van der Waals surface area contributed by atoms with Gasteiger partial charge in [0.05, 0.1) is 4.90 Å². The lowest BCUT2D eigenvalue weighted by Crippen LogP contribution is -2.38. The number of nitrogens with one attached hydrogen (secondary N) is 1. The molecule has 1 fully saturated rings. The summed E-state index contributed by atoms with van der Waals surface area (Å²) in [4.78, 5) is 0.299. The fraction of sp³-hybridized carbons (Fsp3) is 0.538. The lowest BCUT2D eigenvalue weighted by Gasteiger charge is -2.27. The van der Waals surface area contributed by atoms with E-state index >= 15 is 0 Å². The number of benzene rings is 1. The third kappa shape index (κ3) is 4.22. The highest BCUT2D eigenvalue weighted by Gasteiger charge is 2.26. The molecule has 1 N–H and O–H groups in total. The summed E-state index contributed by atoms with van der Waals surface area (Å²) in [6, 6.07) is 5.16. The second kappa shape index (κ2) is 7.13. The Morgan fingerprint density at radius 2 is 1.85 bits per heavy atom. The maximum atomic E-state index is 12.4. The minimum absolute atomic E-state index is 0.0546. The third-order valence-electron chi connectivity index (χ3n) is 3.51. The molecule has 1 aromatic rings. The minimum Gasteiger partial charge on any atom is -0.208 e. The summed E-state index contributed by atoms with van der Waals surface area (Å²) in [6.45, 7) is 0. The van der Waals surface area contributed by atoms with Gasteiger partial charge in [-0.1, -0.05) is 15.9 Å². The van der Waals surface area contributed by atoms with Gasteiger partial charge in [-0.3, -0.25) is 0 Å².